The topological polar surface area (TPSA) is 68.0 Å². The highest BCUT2D eigenvalue weighted by Gasteiger charge is 2.28. The molecule has 0 spiro atoms. The van der Waals surface area contributed by atoms with Gasteiger partial charge >= 0.3 is 0 Å². The predicted octanol–water partition coefficient (Wildman–Crippen LogP) is 2.66. The molecule has 0 radical (unpaired) electrons. The van der Waals surface area contributed by atoms with Crippen LogP contribution >= 0.6 is 28.3 Å². The monoisotopic (exact) mass is 347 g/mol. The molecule has 1 saturated carbocycles. The van der Waals surface area contributed by atoms with E-state index in [9.17, 15) is 4.79 Å². The molecule has 1 aliphatic carbocycles. The summed E-state index contributed by atoms with van der Waals surface area (Å²) < 4.78 is 0.706. The molecular weight excluding hydrogens is 330 g/mol. The Hall–Kier alpha value is -0.650. The number of pyridine rings is 1. The Morgan fingerprint density at radius 2 is 2.11 bits per heavy atom. The van der Waals surface area contributed by atoms with Crippen molar-refractivity contribution in [3.05, 3.63) is 28.5 Å². The number of carbonyl (C=O) groups excluding carboxylic acids is 1. The van der Waals surface area contributed by atoms with Crippen molar-refractivity contribution in [3.63, 3.8) is 0 Å². The molecule has 0 aliphatic heterocycles. The van der Waals surface area contributed by atoms with Crippen LogP contribution in [0.15, 0.2) is 22.8 Å². The highest BCUT2D eigenvalue weighted by atomic mass is 79.9. The smallest absolute Gasteiger partial charge is 0.271 e. The van der Waals surface area contributed by atoms with E-state index in [2.05, 4.69) is 26.2 Å². The van der Waals surface area contributed by atoms with Gasteiger partial charge in [-0.3, -0.25) is 4.79 Å². The molecule has 1 aliphatic rings. The number of aromatic nitrogens is 1. The number of halogens is 2. The van der Waals surface area contributed by atoms with Gasteiger partial charge in [-0.15, -0.1) is 12.4 Å². The highest BCUT2D eigenvalue weighted by molar-refractivity contribution is 9.10. The van der Waals surface area contributed by atoms with Gasteiger partial charge in [0.2, 0.25) is 0 Å². The van der Waals surface area contributed by atoms with Gasteiger partial charge in [0.1, 0.15) is 5.69 Å². The molecule has 19 heavy (non-hydrogen) atoms. The van der Waals surface area contributed by atoms with E-state index in [1.54, 1.807) is 18.3 Å². The minimum absolute atomic E-state index is 0. The quantitative estimate of drug-likeness (QED) is 0.882. The molecule has 1 aromatic heterocycles. The number of hydrogen-bond donors (Lipinski definition) is 2. The fraction of sp³-hybridized carbons (Fsp3) is 0.538. The van der Waals surface area contributed by atoms with Gasteiger partial charge in [0.15, 0.2) is 0 Å². The third kappa shape index (κ3) is 4.44. The Labute approximate surface area is 128 Å². The van der Waals surface area contributed by atoms with E-state index in [4.69, 9.17) is 5.73 Å². The van der Waals surface area contributed by atoms with Gasteiger partial charge in [-0.2, -0.15) is 0 Å². The molecule has 0 unspecified atom stereocenters. The molecule has 1 heterocycles. The first-order chi connectivity index (χ1) is 8.61. The number of nitrogens with two attached hydrogens (primary N) is 1. The second-order valence-electron chi connectivity index (χ2n) is 4.94. The summed E-state index contributed by atoms with van der Waals surface area (Å²) in [5, 5.41) is 2.89. The third-order valence-electron chi connectivity index (χ3n) is 3.42. The molecule has 0 bridgehead atoms. The average molecular weight is 349 g/mol. The maximum atomic E-state index is 12.0. The van der Waals surface area contributed by atoms with E-state index in [0.29, 0.717) is 16.7 Å². The molecule has 1 aromatic rings. The Morgan fingerprint density at radius 3 is 2.74 bits per heavy atom. The Kier molecular flexibility index (Phi) is 6.23. The van der Waals surface area contributed by atoms with Crippen LogP contribution in [-0.4, -0.2) is 23.0 Å². The van der Waals surface area contributed by atoms with Crippen molar-refractivity contribution in [2.45, 2.75) is 37.6 Å². The van der Waals surface area contributed by atoms with Gasteiger partial charge in [0, 0.05) is 22.8 Å². The van der Waals surface area contributed by atoms with E-state index < -0.39 is 0 Å². The number of nitrogens with zero attached hydrogens (tertiary/aromatic N) is 1. The van der Waals surface area contributed by atoms with Crippen LogP contribution in [0.2, 0.25) is 0 Å². The second-order valence-corrected chi connectivity index (χ2v) is 5.79. The lowest BCUT2D eigenvalue weighted by molar-refractivity contribution is 0.0932. The Balaban J connectivity index is 0.00000180. The zero-order valence-electron chi connectivity index (χ0n) is 10.7. The maximum absolute atomic E-state index is 12.0. The van der Waals surface area contributed by atoms with Gasteiger partial charge in [-0.1, -0.05) is 19.3 Å². The minimum Gasteiger partial charge on any atom is -0.349 e. The zero-order valence-corrected chi connectivity index (χ0v) is 13.1. The van der Waals surface area contributed by atoms with Gasteiger partial charge in [0.05, 0.1) is 0 Å². The van der Waals surface area contributed by atoms with Crippen molar-refractivity contribution in [3.8, 4) is 0 Å². The van der Waals surface area contributed by atoms with Crippen LogP contribution in [0.5, 0.6) is 0 Å². The predicted molar refractivity (Wildman–Crippen MR) is 81.5 cm³/mol. The first-order valence-corrected chi connectivity index (χ1v) is 7.08. The fourth-order valence-corrected chi connectivity index (χ4v) is 2.76. The van der Waals surface area contributed by atoms with Crippen molar-refractivity contribution in [2.75, 3.05) is 6.54 Å². The van der Waals surface area contributed by atoms with Crippen LogP contribution in [0.25, 0.3) is 0 Å². The molecule has 4 nitrogen and oxygen atoms in total. The first kappa shape index (κ1) is 16.4. The number of rotatable bonds is 3. The Morgan fingerprint density at radius 1 is 1.42 bits per heavy atom. The number of hydrogen-bond acceptors (Lipinski definition) is 3. The van der Waals surface area contributed by atoms with Crippen molar-refractivity contribution >= 4 is 34.2 Å². The van der Waals surface area contributed by atoms with Crippen molar-refractivity contribution in [1.82, 2.24) is 10.3 Å². The summed E-state index contributed by atoms with van der Waals surface area (Å²) in [7, 11) is 0. The van der Waals surface area contributed by atoms with E-state index >= 15 is 0 Å². The molecule has 2 rings (SSSR count). The van der Waals surface area contributed by atoms with E-state index in [0.717, 1.165) is 25.7 Å². The summed E-state index contributed by atoms with van der Waals surface area (Å²) in [6.45, 7) is 0.523. The molecule has 106 valence electrons. The molecule has 6 heteroatoms. The lowest BCUT2D eigenvalue weighted by Gasteiger charge is -2.33. The molecule has 0 saturated heterocycles. The molecule has 0 atom stereocenters. The van der Waals surface area contributed by atoms with Crippen LogP contribution in [0, 0.1) is 0 Å². The summed E-state index contributed by atoms with van der Waals surface area (Å²) in [6, 6.07) is 3.59. The molecule has 3 N–H and O–H groups in total. The number of amides is 1. The van der Waals surface area contributed by atoms with Crippen molar-refractivity contribution in [1.29, 1.82) is 0 Å². The van der Waals surface area contributed by atoms with Crippen molar-refractivity contribution in [2.24, 2.45) is 5.73 Å². The van der Waals surface area contributed by atoms with E-state index in [-0.39, 0.29) is 23.9 Å². The number of nitrogens with one attached hydrogen (secondary N) is 1. The van der Waals surface area contributed by atoms with E-state index in [1.165, 1.54) is 6.42 Å². The van der Waals surface area contributed by atoms with Gasteiger partial charge in [-0.25, -0.2) is 4.98 Å². The zero-order chi connectivity index (χ0) is 13.0. The second kappa shape index (κ2) is 7.22. The van der Waals surface area contributed by atoms with Crippen LogP contribution in [0.1, 0.15) is 42.6 Å². The molecule has 1 amide bonds. The van der Waals surface area contributed by atoms with Gasteiger partial charge in [0.25, 0.3) is 5.91 Å². The number of carbonyl (C=O) groups is 1. The average Bonchev–Trinajstić information content (AvgIpc) is 2.38. The lowest BCUT2D eigenvalue weighted by atomic mass is 9.82. The maximum Gasteiger partial charge on any atom is 0.271 e. The summed E-state index contributed by atoms with van der Waals surface area (Å²) in [6.07, 6.45) is 7.13. The summed E-state index contributed by atoms with van der Waals surface area (Å²) >= 11 is 3.32. The van der Waals surface area contributed by atoms with Crippen LogP contribution in [0.4, 0.5) is 0 Å². The fourth-order valence-electron chi connectivity index (χ4n) is 2.33. The van der Waals surface area contributed by atoms with Crippen LogP contribution in [0.3, 0.4) is 0 Å². The molecule has 1 fully saturated rings. The summed E-state index contributed by atoms with van der Waals surface area (Å²) in [5.74, 6) is -0.169. The Bertz CT molecular complexity index is 436. The van der Waals surface area contributed by atoms with Crippen LogP contribution in [-0.2, 0) is 0 Å². The standard InChI is InChI=1S/C13H18BrN3O.ClH/c14-10-5-4-8-16-11(10)12(18)17-9-13(15)6-2-1-3-7-13;/h4-5,8H,1-3,6-7,9,15H2,(H,17,18);1H. The summed E-state index contributed by atoms with van der Waals surface area (Å²) in [5.41, 5.74) is 6.45. The first-order valence-electron chi connectivity index (χ1n) is 6.28. The van der Waals surface area contributed by atoms with Crippen LogP contribution < -0.4 is 11.1 Å². The molecule has 0 aromatic carbocycles. The third-order valence-corrected chi connectivity index (χ3v) is 4.06. The summed E-state index contributed by atoms with van der Waals surface area (Å²) in [4.78, 5) is 16.1. The SMILES string of the molecule is Cl.NC1(CNC(=O)c2ncccc2Br)CCCCC1. The molecular formula is C13H19BrClN3O. The van der Waals surface area contributed by atoms with Gasteiger partial charge < -0.3 is 11.1 Å². The lowest BCUT2D eigenvalue weighted by Crippen LogP contribution is -2.51. The van der Waals surface area contributed by atoms with Gasteiger partial charge in [-0.05, 0) is 40.9 Å². The largest absolute Gasteiger partial charge is 0.349 e. The normalized spacial score (nSPS) is 17.4. The van der Waals surface area contributed by atoms with E-state index in [1.807, 2.05) is 0 Å². The van der Waals surface area contributed by atoms with Crippen molar-refractivity contribution < 1.29 is 4.79 Å². The highest BCUT2D eigenvalue weighted by Crippen LogP contribution is 2.25. The minimum atomic E-state index is -0.241.